The normalized spacial score (nSPS) is 18.6. The Morgan fingerprint density at radius 1 is 1.35 bits per heavy atom. The highest BCUT2D eigenvalue weighted by Crippen LogP contribution is 2.26. The van der Waals surface area contributed by atoms with Crippen molar-refractivity contribution in [2.24, 2.45) is 0 Å². The number of fused-ring (bicyclic) bond motifs is 1. The van der Waals surface area contributed by atoms with Crippen LogP contribution in [0.3, 0.4) is 0 Å². The Kier molecular flexibility index (Phi) is 2.35. The van der Waals surface area contributed by atoms with Crippen molar-refractivity contribution >= 4 is 5.69 Å². The van der Waals surface area contributed by atoms with Crippen molar-refractivity contribution in [1.82, 2.24) is 9.78 Å². The van der Waals surface area contributed by atoms with Crippen LogP contribution in [0.2, 0.25) is 0 Å². The zero-order valence-electron chi connectivity index (χ0n) is 9.65. The van der Waals surface area contributed by atoms with Gasteiger partial charge in [-0.3, -0.25) is 0 Å². The second kappa shape index (κ2) is 3.87. The number of nitrogens with zero attached hydrogens (tertiary/aromatic N) is 2. The molecule has 1 N–H and O–H groups in total. The van der Waals surface area contributed by atoms with Crippen molar-refractivity contribution in [2.75, 3.05) is 5.32 Å². The van der Waals surface area contributed by atoms with Gasteiger partial charge in [-0.15, -0.1) is 0 Å². The predicted octanol–water partition coefficient (Wildman–Crippen LogP) is 2.76. The molecule has 88 valence electrons. The molecule has 2 aromatic rings. The van der Waals surface area contributed by atoms with Crippen molar-refractivity contribution in [1.29, 1.82) is 0 Å². The Labute approximate surface area is 99.3 Å². The maximum atomic E-state index is 12.9. The second-order valence-corrected chi connectivity index (χ2v) is 4.48. The van der Waals surface area contributed by atoms with Crippen LogP contribution >= 0.6 is 0 Å². The first-order valence-electron chi connectivity index (χ1n) is 5.83. The molecule has 0 unspecified atom stereocenters. The van der Waals surface area contributed by atoms with Crippen molar-refractivity contribution in [2.45, 2.75) is 25.8 Å². The van der Waals surface area contributed by atoms with Gasteiger partial charge in [-0.1, -0.05) is 0 Å². The lowest BCUT2D eigenvalue weighted by atomic mass is 10.1. The summed E-state index contributed by atoms with van der Waals surface area (Å²) < 4.78 is 14.8. The molecule has 4 heteroatoms. The van der Waals surface area contributed by atoms with E-state index >= 15 is 0 Å². The number of nitrogens with one attached hydrogen (secondary N) is 1. The van der Waals surface area contributed by atoms with Gasteiger partial charge in [0.25, 0.3) is 0 Å². The van der Waals surface area contributed by atoms with Crippen LogP contribution in [0.25, 0.3) is 5.69 Å². The summed E-state index contributed by atoms with van der Waals surface area (Å²) in [5.74, 6) is -0.221. The molecule has 0 spiro atoms. The monoisotopic (exact) mass is 231 g/mol. The molecule has 0 saturated carbocycles. The van der Waals surface area contributed by atoms with E-state index in [0.717, 1.165) is 24.2 Å². The average Bonchev–Trinajstić information content (AvgIpc) is 2.73. The fraction of sp³-hybridized carbons (Fsp3) is 0.308. The van der Waals surface area contributed by atoms with Crippen LogP contribution in [-0.2, 0) is 6.42 Å². The average molecular weight is 231 g/mol. The highest BCUT2D eigenvalue weighted by Gasteiger charge is 2.19. The van der Waals surface area contributed by atoms with Gasteiger partial charge in [-0.2, -0.15) is 5.10 Å². The van der Waals surface area contributed by atoms with Crippen molar-refractivity contribution in [3.8, 4) is 5.69 Å². The number of hydrogen-bond donors (Lipinski definition) is 1. The summed E-state index contributed by atoms with van der Waals surface area (Å²) in [6, 6.07) is 6.92. The third-order valence-electron chi connectivity index (χ3n) is 3.16. The van der Waals surface area contributed by atoms with Crippen molar-refractivity contribution < 1.29 is 4.39 Å². The van der Waals surface area contributed by atoms with Crippen LogP contribution < -0.4 is 5.32 Å². The third kappa shape index (κ3) is 1.79. The molecular weight excluding hydrogens is 217 g/mol. The van der Waals surface area contributed by atoms with E-state index < -0.39 is 0 Å². The summed E-state index contributed by atoms with van der Waals surface area (Å²) in [7, 11) is 0. The van der Waals surface area contributed by atoms with E-state index in [1.165, 1.54) is 17.8 Å². The van der Waals surface area contributed by atoms with Crippen LogP contribution in [0, 0.1) is 5.82 Å². The van der Waals surface area contributed by atoms with E-state index in [2.05, 4.69) is 17.3 Å². The zero-order valence-corrected chi connectivity index (χ0v) is 9.65. The highest BCUT2D eigenvalue weighted by atomic mass is 19.1. The Bertz CT molecular complexity index is 530. The molecule has 17 heavy (non-hydrogen) atoms. The Morgan fingerprint density at radius 3 is 2.88 bits per heavy atom. The van der Waals surface area contributed by atoms with Crippen LogP contribution in [0.1, 0.15) is 19.0 Å². The third-order valence-corrected chi connectivity index (χ3v) is 3.16. The van der Waals surface area contributed by atoms with Gasteiger partial charge < -0.3 is 5.32 Å². The molecule has 1 atom stereocenters. The van der Waals surface area contributed by atoms with E-state index in [-0.39, 0.29) is 5.82 Å². The summed E-state index contributed by atoms with van der Waals surface area (Å²) in [4.78, 5) is 0. The van der Waals surface area contributed by atoms with Gasteiger partial charge in [0.1, 0.15) is 5.82 Å². The summed E-state index contributed by atoms with van der Waals surface area (Å²) in [5.41, 5.74) is 3.17. The SMILES string of the molecule is C[C@H]1CCc2c(cnn2-c2ccc(F)cc2)N1. The van der Waals surface area contributed by atoms with Crippen molar-refractivity contribution in [3.63, 3.8) is 0 Å². The van der Waals surface area contributed by atoms with Gasteiger partial charge >= 0.3 is 0 Å². The molecule has 0 aliphatic carbocycles. The van der Waals surface area contributed by atoms with Crippen LogP contribution in [0.4, 0.5) is 10.1 Å². The van der Waals surface area contributed by atoms with Crippen molar-refractivity contribution in [3.05, 3.63) is 42.0 Å². The summed E-state index contributed by atoms with van der Waals surface area (Å²) in [5, 5.41) is 7.77. The molecule has 2 heterocycles. The smallest absolute Gasteiger partial charge is 0.123 e. The molecule has 3 rings (SSSR count). The van der Waals surface area contributed by atoms with Gasteiger partial charge in [-0.25, -0.2) is 9.07 Å². The minimum absolute atomic E-state index is 0.221. The molecule has 3 nitrogen and oxygen atoms in total. The Balaban J connectivity index is 2.02. The van der Waals surface area contributed by atoms with Crippen LogP contribution in [-0.4, -0.2) is 15.8 Å². The topological polar surface area (TPSA) is 29.9 Å². The number of aromatic nitrogens is 2. The lowest BCUT2D eigenvalue weighted by Crippen LogP contribution is -2.22. The molecule has 1 aromatic carbocycles. The zero-order chi connectivity index (χ0) is 11.8. The fourth-order valence-electron chi connectivity index (χ4n) is 2.23. The molecule has 0 saturated heterocycles. The first-order valence-corrected chi connectivity index (χ1v) is 5.83. The Hall–Kier alpha value is -1.84. The quantitative estimate of drug-likeness (QED) is 0.817. The molecule has 0 radical (unpaired) electrons. The molecule has 0 amide bonds. The van der Waals surface area contributed by atoms with Gasteiger partial charge in [0.2, 0.25) is 0 Å². The summed E-state index contributed by atoms with van der Waals surface area (Å²) in [6.45, 7) is 2.16. The van der Waals surface area contributed by atoms with Gasteiger partial charge in [-0.05, 0) is 44.0 Å². The number of halogens is 1. The molecule has 1 aromatic heterocycles. The summed E-state index contributed by atoms with van der Waals surface area (Å²) >= 11 is 0. The minimum atomic E-state index is -0.221. The number of hydrogen-bond acceptors (Lipinski definition) is 2. The first kappa shape index (κ1) is 10.3. The lowest BCUT2D eigenvalue weighted by molar-refractivity contribution is 0.625. The van der Waals surface area contributed by atoms with Crippen LogP contribution in [0.5, 0.6) is 0 Å². The van der Waals surface area contributed by atoms with Gasteiger partial charge in [0.05, 0.1) is 23.3 Å². The second-order valence-electron chi connectivity index (χ2n) is 4.48. The molecule has 1 aliphatic rings. The van der Waals surface area contributed by atoms with Gasteiger partial charge in [0, 0.05) is 6.04 Å². The summed E-state index contributed by atoms with van der Waals surface area (Å²) in [6.07, 6.45) is 3.94. The number of anilines is 1. The molecule has 0 fully saturated rings. The van der Waals surface area contributed by atoms with Crippen LogP contribution in [0.15, 0.2) is 30.5 Å². The maximum Gasteiger partial charge on any atom is 0.123 e. The van der Waals surface area contributed by atoms with Gasteiger partial charge in [0.15, 0.2) is 0 Å². The number of benzene rings is 1. The van der Waals surface area contributed by atoms with E-state index in [1.54, 1.807) is 12.1 Å². The van der Waals surface area contributed by atoms with E-state index in [0.29, 0.717) is 6.04 Å². The highest BCUT2D eigenvalue weighted by molar-refractivity contribution is 5.52. The van der Waals surface area contributed by atoms with E-state index in [9.17, 15) is 4.39 Å². The Morgan fingerprint density at radius 2 is 2.12 bits per heavy atom. The first-order chi connectivity index (χ1) is 8.24. The minimum Gasteiger partial charge on any atom is -0.380 e. The fourth-order valence-corrected chi connectivity index (χ4v) is 2.23. The molecular formula is C13H14FN3. The lowest BCUT2D eigenvalue weighted by Gasteiger charge is -2.21. The molecule has 1 aliphatic heterocycles. The maximum absolute atomic E-state index is 12.9. The number of rotatable bonds is 1. The molecule has 0 bridgehead atoms. The van der Waals surface area contributed by atoms with E-state index in [1.807, 2.05) is 10.9 Å². The predicted molar refractivity (Wildman–Crippen MR) is 64.9 cm³/mol. The standard InChI is InChI=1S/C13H14FN3/c1-9-2-7-13-12(16-9)8-15-17(13)11-5-3-10(14)4-6-11/h3-6,8-9,16H,2,7H2,1H3/t9-/m0/s1. The largest absolute Gasteiger partial charge is 0.380 e. The van der Waals surface area contributed by atoms with E-state index in [4.69, 9.17) is 0 Å².